The van der Waals surface area contributed by atoms with Crippen molar-refractivity contribution in [3.05, 3.63) is 29.8 Å². The monoisotopic (exact) mass is 389 g/mol. The van der Waals surface area contributed by atoms with Gasteiger partial charge in [0.2, 0.25) is 0 Å². The number of hydrogen-bond donors (Lipinski definition) is 2. The fraction of sp³-hybridized carbons (Fsp3) is 0.682. The minimum Gasteiger partial charge on any atom is -0.380 e. The summed E-state index contributed by atoms with van der Waals surface area (Å²) in [6.07, 6.45) is 2.33. The van der Waals surface area contributed by atoms with E-state index in [4.69, 9.17) is 4.74 Å². The first-order chi connectivity index (χ1) is 13.7. The molecule has 0 aliphatic carbocycles. The van der Waals surface area contributed by atoms with Gasteiger partial charge in [-0.25, -0.2) is 0 Å². The number of hydrogen-bond acceptors (Lipinski definition) is 4. The maximum atomic E-state index is 5.36. The minimum atomic E-state index is 0.718. The zero-order valence-corrected chi connectivity index (χ0v) is 18.0. The number of rotatable bonds is 11. The van der Waals surface area contributed by atoms with Crippen LogP contribution in [-0.4, -0.2) is 76.4 Å². The van der Waals surface area contributed by atoms with E-state index in [1.807, 2.05) is 6.92 Å². The van der Waals surface area contributed by atoms with E-state index in [9.17, 15) is 0 Å². The lowest BCUT2D eigenvalue weighted by atomic mass is 10.2. The summed E-state index contributed by atoms with van der Waals surface area (Å²) in [7, 11) is 0. The number of ether oxygens (including phenoxy) is 1. The third-order valence-corrected chi connectivity index (χ3v) is 4.98. The molecule has 6 heteroatoms. The average molecular weight is 390 g/mol. The molecule has 158 valence electrons. The van der Waals surface area contributed by atoms with Crippen LogP contribution in [0.3, 0.4) is 0 Å². The third-order valence-electron chi connectivity index (χ3n) is 4.98. The molecule has 0 amide bonds. The Labute approximate surface area is 171 Å². The molecule has 0 spiro atoms. The van der Waals surface area contributed by atoms with Gasteiger partial charge in [0.15, 0.2) is 5.96 Å². The minimum absolute atomic E-state index is 0.718. The van der Waals surface area contributed by atoms with Crippen molar-refractivity contribution in [2.24, 2.45) is 4.99 Å². The fourth-order valence-electron chi connectivity index (χ4n) is 3.42. The molecule has 2 rings (SSSR count). The van der Waals surface area contributed by atoms with Crippen molar-refractivity contribution in [2.75, 3.05) is 70.5 Å². The average Bonchev–Trinajstić information content (AvgIpc) is 2.71. The van der Waals surface area contributed by atoms with Gasteiger partial charge in [0.05, 0.1) is 6.61 Å². The lowest BCUT2D eigenvalue weighted by molar-refractivity contribution is 0.152. The summed E-state index contributed by atoms with van der Waals surface area (Å²) in [6.45, 7) is 16.0. The van der Waals surface area contributed by atoms with Crippen molar-refractivity contribution in [3.8, 4) is 0 Å². The summed E-state index contributed by atoms with van der Waals surface area (Å²) in [6, 6.07) is 8.84. The van der Waals surface area contributed by atoms with E-state index < -0.39 is 0 Å². The van der Waals surface area contributed by atoms with Crippen molar-refractivity contribution >= 4 is 11.6 Å². The zero-order chi connectivity index (χ0) is 20.0. The van der Waals surface area contributed by atoms with E-state index in [0.29, 0.717) is 0 Å². The molecular weight excluding hydrogens is 350 g/mol. The van der Waals surface area contributed by atoms with Crippen molar-refractivity contribution in [3.63, 3.8) is 0 Å². The number of piperazine rings is 1. The normalized spacial score (nSPS) is 15.7. The standard InChI is InChI=1S/C22H39N5O/c1-4-23-22(25-12-18-28-5-2)24-11-6-7-13-26-14-16-27(17-15-26)21-10-8-9-20(3)19-21/h8-10,19H,4-7,11-18H2,1-3H3,(H2,23,24,25). The van der Waals surface area contributed by atoms with Crippen LogP contribution in [0.5, 0.6) is 0 Å². The van der Waals surface area contributed by atoms with Crippen LogP contribution >= 0.6 is 0 Å². The van der Waals surface area contributed by atoms with Crippen LogP contribution in [0.1, 0.15) is 32.3 Å². The maximum absolute atomic E-state index is 5.36. The molecule has 0 radical (unpaired) electrons. The summed E-state index contributed by atoms with van der Waals surface area (Å²) in [5.74, 6) is 0.897. The molecule has 1 fully saturated rings. The van der Waals surface area contributed by atoms with Gasteiger partial charge in [-0.3, -0.25) is 9.89 Å². The number of nitrogens with zero attached hydrogens (tertiary/aromatic N) is 3. The molecule has 0 saturated carbocycles. The molecule has 1 saturated heterocycles. The van der Waals surface area contributed by atoms with Gasteiger partial charge in [-0.15, -0.1) is 0 Å². The van der Waals surface area contributed by atoms with Crippen molar-refractivity contribution in [1.82, 2.24) is 15.5 Å². The lowest BCUT2D eigenvalue weighted by Crippen LogP contribution is -2.46. The third kappa shape index (κ3) is 8.48. The first-order valence-electron chi connectivity index (χ1n) is 10.9. The number of unbranched alkanes of at least 4 members (excludes halogenated alkanes) is 1. The Kier molecular flexibility index (Phi) is 10.8. The molecule has 1 aromatic rings. The smallest absolute Gasteiger partial charge is 0.191 e. The summed E-state index contributed by atoms with van der Waals surface area (Å²) in [5, 5.41) is 6.61. The SMILES string of the molecule is CCNC(=NCCCCN1CCN(c2cccc(C)c2)CC1)NCCOCC. The van der Waals surface area contributed by atoms with E-state index in [-0.39, 0.29) is 0 Å². The highest BCUT2D eigenvalue weighted by molar-refractivity contribution is 5.79. The van der Waals surface area contributed by atoms with E-state index in [1.165, 1.54) is 24.2 Å². The van der Waals surface area contributed by atoms with Gasteiger partial charge >= 0.3 is 0 Å². The second-order valence-electron chi connectivity index (χ2n) is 7.26. The fourth-order valence-corrected chi connectivity index (χ4v) is 3.42. The van der Waals surface area contributed by atoms with Crippen LogP contribution in [0, 0.1) is 6.92 Å². The van der Waals surface area contributed by atoms with E-state index in [1.54, 1.807) is 0 Å². The van der Waals surface area contributed by atoms with E-state index in [2.05, 4.69) is 63.5 Å². The molecule has 1 aromatic carbocycles. The quantitative estimate of drug-likeness (QED) is 0.346. The Morgan fingerprint density at radius 3 is 2.64 bits per heavy atom. The first-order valence-corrected chi connectivity index (χ1v) is 10.9. The molecule has 0 aromatic heterocycles. The highest BCUT2D eigenvalue weighted by Gasteiger charge is 2.16. The number of anilines is 1. The Bertz CT molecular complexity index is 570. The summed E-state index contributed by atoms with van der Waals surface area (Å²) in [5.41, 5.74) is 2.70. The van der Waals surface area contributed by atoms with Crippen molar-refractivity contribution in [1.29, 1.82) is 0 Å². The second-order valence-corrected chi connectivity index (χ2v) is 7.26. The van der Waals surface area contributed by atoms with Gasteiger partial charge in [0.1, 0.15) is 0 Å². The van der Waals surface area contributed by atoms with Gasteiger partial charge in [-0.2, -0.15) is 0 Å². The van der Waals surface area contributed by atoms with Crippen molar-refractivity contribution < 1.29 is 4.74 Å². The van der Waals surface area contributed by atoms with E-state index >= 15 is 0 Å². The van der Waals surface area contributed by atoms with Crippen molar-refractivity contribution in [2.45, 2.75) is 33.6 Å². The van der Waals surface area contributed by atoms with Crippen LogP contribution in [0.2, 0.25) is 0 Å². The summed E-state index contributed by atoms with van der Waals surface area (Å²) in [4.78, 5) is 9.76. The van der Waals surface area contributed by atoms with Gasteiger partial charge < -0.3 is 20.3 Å². The predicted octanol–water partition coefficient (Wildman–Crippen LogP) is 2.49. The Morgan fingerprint density at radius 1 is 1.11 bits per heavy atom. The van der Waals surface area contributed by atoms with Gasteiger partial charge in [0.25, 0.3) is 0 Å². The number of aryl methyl sites for hydroxylation is 1. The van der Waals surface area contributed by atoms with Crippen LogP contribution in [-0.2, 0) is 4.74 Å². The van der Waals surface area contributed by atoms with E-state index in [0.717, 1.165) is 71.4 Å². The molecule has 1 heterocycles. The van der Waals surface area contributed by atoms with Crippen LogP contribution in [0.15, 0.2) is 29.3 Å². The second kappa shape index (κ2) is 13.4. The van der Waals surface area contributed by atoms with Crippen LogP contribution in [0.4, 0.5) is 5.69 Å². The molecule has 2 N–H and O–H groups in total. The summed E-state index contributed by atoms with van der Waals surface area (Å²) >= 11 is 0. The molecule has 0 atom stereocenters. The van der Waals surface area contributed by atoms with Gasteiger partial charge in [-0.05, 0) is 57.9 Å². The lowest BCUT2D eigenvalue weighted by Gasteiger charge is -2.36. The summed E-state index contributed by atoms with van der Waals surface area (Å²) < 4.78 is 5.36. The molecule has 0 bridgehead atoms. The number of guanidine groups is 1. The van der Waals surface area contributed by atoms with Crippen LogP contribution in [0.25, 0.3) is 0 Å². The Balaban J connectivity index is 1.60. The predicted molar refractivity (Wildman–Crippen MR) is 120 cm³/mol. The molecule has 0 unspecified atom stereocenters. The molecule has 28 heavy (non-hydrogen) atoms. The largest absolute Gasteiger partial charge is 0.380 e. The zero-order valence-electron chi connectivity index (χ0n) is 18.0. The Hall–Kier alpha value is -1.79. The Morgan fingerprint density at radius 2 is 1.93 bits per heavy atom. The molecule has 6 nitrogen and oxygen atoms in total. The van der Waals surface area contributed by atoms with Gasteiger partial charge in [0, 0.05) is 58.1 Å². The first kappa shape index (κ1) is 22.5. The number of aliphatic imine (C=N–C) groups is 1. The maximum Gasteiger partial charge on any atom is 0.191 e. The highest BCUT2D eigenvalue weighted by Crippen LogP contribution is 2.17. The molecule has 1 aliphatic heterocycles. The number of benzene rings is 1. The van der Waals surface area contributed by atoms with Gasteiger partial charge in [-0.1, -0.05) is 12.1 Å². The molecular formula is C22H39N5O. The number of nitrogens with one attached hydrogen (secondary N) is 2. The topological polar surface area (TPSA) is 52.1 Å². The molecule has 1 aliphatic rings. The van der Waals surface area contributed by atoms with Crippen LogP contribution < -0.4 is 15.5 Å². The highest BCUT2D eigenvalue weighted by atomic mass is 16.5.